The van der Waals surface area contributed by atoms with Crippen LogP contribution in [-0.4, -0.2) is 25.5 Å². The summed E-state index contributed by atoms with van der Waals surface area (Å²) in [6.07, 6.45) is 1.50. The van der Waals surface area contributed by atoms with E-state index in [1.54, 1.807) is 7.11 Å². The molecule has 0 aliphatic carbocycles. The molecule has 1 aromatic rings. The van der Waals surface area contributed by atoms with E-state index in [4.69, 9.17) is 4.74 Å². The zero-order chi connectivity index (χ0) is 10.7. The molecule has 1 unspecified atom stereocenters. The van der Waals surface area contributed by atoms with E-state index >= 15 is 0 Å². The summed E-state index contributed by atoms with van der Waals surface area (Å²) < 4.78 is 5.06. The van der Waals surface area contributed by atoms with Crippen molar-refractivity contribution >= 4 is 5.78 Å². The van der Waals surface area contributed by atoms with Gasteiger partial charge in [0, 0.05) is 6.42 Å². The fourth-order valence-corrected chi connectivity index (χ4v) is 1.63. The van der Waals surface area contributed by atoms with Gasteiger partial charge in [0.2, 0.25) is 0 Å². The number of carbonyl (C=O) groups is 1. The molecule has 15 heavy (non-hydrogen) atoms. The molecular formula is C12H15NO2. The third kappa shape index (κ3) is 2.36. The summed E-state index contributed by atoms with van der Waals surface area (Å²) in [5.74, 6) is 1.11. The van der Waals surface area contributed by atoms with Crippen LogP contribution >= 0.6 is 0 Å². The van der Waals surface area contributed by atoms with Crippen LogP contribution < -0.4 is 10.1 Å². The number of nitrogens with one attached hydrogen (secondary N) is 1. The van der Waals surface area contributed by atoms with Gasteiger partial charge in [0.15, 0.2) is 5.78 Å². The van der Waals surface area contributed by atoms with Crippen molar-refractivity contribution in [3.05, 3.63) is 29.8 Å². The molecule has 3 heteroatoms. The number of carbonyl (C=O) groups excluding carboxylic acids is 1. The fraction of sp³-hybridized carbons (Fsp3) is 0.417. The van der Waals surface area contributed by atoms with Crippen LogP contribution in [0, 0.1) is 0 Å². The van der Waals surface area contributed by atoms with Crippen LogP contribution in [0.3, 0.4) is 0 Å². The molecule has 2 rings (SSSR count). The van der Waals surface area contributed by atoms with E-state index in [1.165, 1.54) is 0 Å². The lowest BCUT2D eigenvalue weighted by molar-refractivity contribution is -0.121. The van der Waals surface area contributed by atoms with Gasteiger partial charge in [-0.1, -0.05) is 12.1 Å². The van der Waals surface area contributed by atoms with Gasteiger partial charge < -0.3 is 10.1 Å². The first kappa shape index (κ1) is 10.2. The Kier molecular flexibility index (Phi) is 3.02. The molecule has 1 N–H and O–H groups in total. The number of Topliss-reactive ketones (excluding diaryl/α,β-unsaturated/α-hetero) is 1. The molecular weight excluding hydrogens is 190 g/mol. The Bertz CT molecular complexity index is 341. The second kappa shape index (κ2) is 4.45. The quantitative estimate of drug-likeness (QED) is 0.801. The summed E-state index contributed by atoms with van der Waals surface area (Å²) in [5, 5.41) is 3.11. The minimum atomic E-state index is 0.0899. The van der Waals surface area contributed by atoms with Crippen molar-refractivity contribution in [3.8, 4) is 5.75 Å². The molecule has 3 nitrogen and oxygen atoms in total. The Morgan fingerprint density at radius 3 is 2.60 bits per heavy atom. The SMILES string of the molecule is COc1ccc(CC(=O)C2CCN2)cc1. The average Bonchev–Trinajstić information content (AvgIpc) is 2.16. The van der Waals surface area contributed by atoms with Crippen molar-refractivity contribution in [3.63, 3.8) is 0 Å². The maximum absolute atomic E-state index is 11.7. The molecule has 0 amide bonds. The summed E-state index contributed by atoms with van der Waals surface area (Å²) in [5.41, 5.74) is 1.05. The van der Waals surface area contributed by atoms with E-state index in [-0.39, 0.29) is 11.8 Å². The smallest absolute Gasteiger partial charge is 0.154 e. The van der Waals surface area contributed by atoms with Crippen molar-refractivity contribution in [2.24, 2.45) is 0 Å². The fourth-order valence-electron chi connectivity index (χ4n) is 1.63. The number of methoxy groups -OCH3 is 1. The number of rotatable bonds is 4. The van der Waals surface area contributed by atoms with Crippen molar-refractivity contribution in [2.45, 2.75) is 18.9 Å². The Labute approximate surface area is 89.4 Å². The first-order valence-corrected chi connectivity index (χ1v) is 5.18. The molecule has 1 saturated heterocycles. The van der Waals surface area contributed by atoms with Crippen LogP contribution in [0.5, 0.6) is 5.75 Å². The van der Waals surface area contributed by atoms with E-state index in [1.807, 2.05) is 24.3 Å². The summed E-state index contributed by atoms with van der Waals surface area (Å²) in [6.45, 7) is 0.971. The summed E-state index contributed by atoms with van der Waals surface area (Å²) >= 11 is 0. The van der Waals surface area contributed by atoms with Gasteiger partial charge in [-0.05, 0) is 30.7 Å². The van der Waals surface area contributed by atoms with Crippen molar-refractivity contribution in [1.82, 2.24) is 5.32 Å². The summed E-state index contributed by atoms with van der Waals surface area (Å²) in [7, 11) is 1.64. The second-order valence-electron chi connectivity index (χ2n) is 3.79. The third-order valence-electron chi connectivity index (χ3n) is 2.75. The molecule has 1 aliphatic rings. The highest BCUT2D eigenvalue weighted by atomic mass is 16.5. The highest BCUT2D eigenvalue weighted by molar-refractivity contribution is 5.86. The molecule has 0 saturated carbocycles. The lowest BCUT2D eigenvalue weighted by Gasteiger charge is -2.26. The second-order valence-corrected chi connectivity index (χ2v) is 3.79. The van der Waals surface area contributed by atoms with Gasteiger partial charge in [-0.2, -0.15) is 0 Å². The third-order valence-corrected chi connectivity index (χ3v) is 2.75. The molecule has 0 bridgehead atoms. The molecule has 1 aromatic carbocycles. The summed E-state index contributed by atoms with van der Waals surface area (Å²) in [4.78, 5) is 11.7. The predicted octanol–water partition coefficient (Wildman–Crippen LogP) is 1.17. The Morgan fingerprint density at radius 2 is 2.13 bits per heavy atom. The molecule has 1 heterocycles. The minimum Gasteiger partial charge on any atom is -0.497 e. The zero-order valence-corrected chi connectivity index (χ0v) is 8.82. The number of hydrogen-bond acceptors (Lipinski definition) is 3. The highest BCUT2D eigenvalue weighted by Gasteiger charge is 2.23. The van der Waals surface area contributed by atoms with Crippen LogP contribution in [0.25, 0.3) is 0 Å². The van der Waals surface area contributed by atoms with Crippen LogP contribution in [0.15, 0.2) is 24.3 Å². The average molecular weight is 205 g/mol. The van der Waals surface area contributed by atoms with E-state index in [9.17, 15) is 4.79 Å². The van der Waals surface area contributed by atoms with Crippen molar-refractivity contribution < 1.29 is 9.53 Å². The number of ketones is 1. The molecule has 1 fully saturated rings. The van der Waals surface area contributed by atoms with E-state index in [0.29, 0.717) is 6.42 Å². The molecule has 0 spiro atoms. The molecule has 80 valence electrons. The lowest BCUT2D eigenvalue weighted by atomic mass is 9.97. The first-order valence-electron chi connectivity index (χ1n) is 5.18. The topological polar surface area (TPSA) is 38.3 Å². The maximum atomic E-state index is 11.7. The number of ether oxygens (including phenoxy) is 1. The lowest BCUT2D eigenvalue weighted by Crippen LogP contribution is -2.49. The van der Waals surface area contributed by atoms with Crippen LogP contribution in [0.1, 0.15) is 12.0 Å². The van der Waals surface area contributed by atoms with E-state index < -0.39 is 0 Å². The van der Waals surface area contributed by atoms with Gasteiger partial charge in [0.05, 0.1) is 13.2 Å². The van der Waals surface area contributed by atoms with Crippen molar-refractivity contribution in [2.75, 3.05) is 13.7 Å². The molecule has 1 atom stereocenters. The van der Waals surface area contributed by atoms with Gasteiger partial charge in [0.1, 0.15) is 5.75 Å². The van der Waals surface area contributed by atoms with Gasteiger partial charge in [-0.15, -0.1) is 0 Å². The van der Waals surface area contributed by atoms with Gasteiger partial charge in [-0.3, -0.25) is 4.79 Å². The minimum absolute atomic E-state index is 0.0899. The van der Waals surface area contributed by atoms with E-state index in [0.717, 1.165) is 24.3 Å². The monoisotopic (exact) mass is 205 g/mol. The Morgan fingerprint density at radius 1 is 1.47 bits per heavy atom. The Hall–Kier alpha value is -1.35. The van der Waals surface area contributed by atoms with Crippen LogP contribution in [0.4, 0.5) is 0 Å². The standard InChI is InChI=1S/C12H15NO2/c1-15-10-4-2-9(3-5-10)8-12(14)11-6-7-13-11/h2-5,11,13H,6-8H2,1H3. The maximum Gasteiger partial charge on any atom is 0.154 e. The number of hydrogen-bond donors (Lipinski definition) is 1. The van der Waals surface area contributed by atoms with Gasteiger partial charge >= 0.3 is 0 Å². The normalized spacial score (nSPS) is 19.4. The summed E-state index contributed by atoms with van der Waals surface area (Å²) in [6, 6.07) is 7.74. The van der Waals surface area contributed by atoms with Gasteiger partial charge in [0.25, 0.3) is 0 Å². The largest absolute Gasteiger partial charge is 0.497 e. The molecule has 1 aliphatic heterocycles. The van der Waals surface area contributed by atoms with Crippen molar-refractivity contribution in [1.29, 1.82) is 0 Å². The highest BCUT2D eigenvalue weighted by Crippen LogP contribution is 2.13. The van der Waals surface area contributed by atoms with Gasteiger partial charge in [-0.25, -0.2) is 0 Å². The van der Waals surface area contributed by atoms with Crippen LogP contribution in [0.2, 0.25) is 0 Å². The molecule has 0 aromatic heterocycles. The van der Waals surface area contributed by atoms with E-state index in [2.05, 4.69) is 5.32 Å². The predicted molar refractivity (Wildman–Crippen MR) is 58.1 cm³/mol. The Balaban J connectivity index is 1.94. The zero-order valence-electron chi connectivity index (χ0n) is 8.82. The first-order chi connectivity index (χ1) is 7.29. The molecule has 0 radical (unpaired) electrons. The van der Waals surface area contributed by atoms with Crippen LogP contribution in [-0.2, 0) is 11.2 Å². The number of benzene rings is 1.